The number of piperazine rings is 2. The van der Waals surface area contributed by atoms with Gasteiger partial charge >= 0.3 is 6.03 Å². The number of aromatic nitrogens is 2. The van der Waals surface area contributed by atoms with Gasteiger partial charge < -0.3 is 19.6 Å². The summed E-state index contributed by atoms with van der Waals surface area (Å²) in [6.45, 7) is 5.70. The third kappa shape index (κ3) is 3.47. The normalized spacial score (nSPS) is 20.0. The molecule has 1 aromatic rings. The molecule has 3 heterocycles. The van der Waals surface area contributed by atoms with Gasteiger partial charge in [0, 0.05) is 65.6 Å². The van der Waals surface area contributed by atoms with Crippen LogP contribution in [0.2, 0.25) is 0 Å². The molecule has 0 aliphatic carbocycles. The summed E-state index contributed by atoms with van der Waals surface area (Å²) < 4.78 is 1.63. The van der Waals surface area contributed by atoms with Crippen LogP contribution in [-0.2, 0) is 7.05 Å². The standard InChI is InChI=1S/C15H24N6O2/c1-17-5-7-20(8-6-17)15(23)21-11-9-19(10-12-21)14(22)13-3-4-18(2)16-13/h3-4H,5-12H2,1-2H3. The van der Waals surface area contributed by atoms with E-state index in [4.69, 9.17) is 0 Å². The van der Waals surface area contributed by atoms with Crippen molar-refractivity contribution >= 4 is 11.9 Å². The Balaban J connectivity index is 1.52. The molecule has 3 amide bonds. The molecule has 0 unspecified atom stereocenters. The van der Waals surface area contributed by atoms with Crippen LogP contribution in [0.4, 0.5) is 4.79 Å². The second-order valence-electron chi connectivity index (χ2n) is 6.23. The zero-order valence-electron chi connectivity index (χ0n) is 13.8. The average molecular weight is 320 g/mol. The van der Waals surface area contributed by atoms with Crippen molar-refractivity contribution in [2.45, 2.75) is 0 Å². The van der Waals surface area contributed by atoms with Gasteiger partial charge in [-0.1, -0.05) is 0 Å². The largest absolute Gasteiger partial charge is 0.334 e. The summed E-state index contributed by atoms with van der Waals surface area (Å²) in [5.74, 6) is -0.0581. The van der Waals surface area contributed by atoms with Gasteiger partial charge in [-0.15, -0.1) is 0 Å². The van der Waals surface area contributed by atoms with E-state index in [9.17, 15) is 9.59 Å². The lowest BCUT2D eigenvalue weighted by Crippen LogP contribution is -2.57. The van der Waals surface area contributed by atoms with Gasteiger partial charge in [-0.25, -0.2) is 4.79 Å². The molecule has 0 aromatic carbocycles. The van der Waals surface area contributed by atoms with Crippen LogP contribution in [0.25, 0.3) is 0 Å². The fraction of sp³-hybridized carbons (Fsp3) is 0.667. The van der Waals surface area contributed by atoms with Crippen LogP contribution in [0, 0.1) is 0 Å². The fourth-order valence-corrected chi connectivity index (χ4v) is 2.99. The molecule has 0 spiro atoms. The average Bonchev–Trinajstić information content (AvgIpc) is 3.01. The van der Waals surface area contributed by atoms with Crippen LogP contribution in [0.15, 0.2) is 12.3 Å². The SMILES string of the molecule is CN1CCN(C(=O)N2CCN(C(=O)c3ccn(C)n3)CC2)CC1. The second-order valence-corrected chi connectivity index (χ2v) is 6.23. The molecule has 126 valence electrons. The van der Waals surface area contributed by atoms with Crippen LogP contribution in [0.5, 0.6) is 0 Å². The highest BCUT2D eigenvalue weighted by atomic mass is 16.2. The summed E-state index contributed by atoms with van der Waals surface area (Å²) in [6.07, 6.45) is 1.76. The molecule has 23 heavy (non-hydrogen) atoms. The molecular weight excluding hydrogens is 296 g/mol. The quantitative estimate of drug-likeness (QED) is 0.703. The minimum absolute atomic E-state index is 0.0581. The van der Waals surface area contributed by atoms with Gasteiger partial charge in [-0.05, 0) is 13.1 Å². The van der Waals surface area contributed by atoms with Crippen LogP contribution in [0.3, 0.4) is 0 Å². The first kappa shape index (κ1) is 15.8. The van der Waals surface area contributed by atoms with Crippen molar-refractivity contribution in [2.75, 3.05) is 59.4 Å². The summed E-state index contributed by atoms with van der Waals surface area (Å²) in [5, 5.41) is 4.15. The number of nitrogens with zero attached hydrogens (tertiary/aromatic N) is 6. The van der Waals surface area contributed by atoms with Crippen LogP contribution < -0.4 is 0 Å². The maximum atomic E-state index is 12.5. The zero-order chi connectivity index (χ0) is 16.4. The number of aryl methyl sites for hydroxylation is 1. The summed E-state index contributed by atoms with van der Waals surface area (Å²) in [4.78, 5) is 32.7. The molecule has 2 aliphatic heterocycles. The predicted molar refractivity (Wildman–Crippen MR) is 85.2 cm³/mol. The molecule has 2 saturated heterocycles. The number of amides is 3. The molecule has 3 rings (SSSR count). The molecule has 0 radical (unpaired) electrons. The number of rotatable bonds is 1. The van der Waals surface area contributed by atoms with E-state index in [0.29, 0.717) is 31.9 Å². The molecule has 0 N–H and O–H groups in total. The molecule has 8 heteroatoms. The lowest BCUT2D eigenvalue weighted by atomic mass is 10.2. The molecular formula is C15H24N6O2. The monoisotopic (exact) mass is 320 g/mol. The van der Waals surface area contributed by atoms with E-state index in [-0.39, 0.29) is 11.9 Å². The first-order valence-corrected chi connectivity index (χ1v) is 8.06. The minimum atomic E-state index is -0.0581. The van der Waals surface area contributed by atoms with E-state index in [1.54, 1.807) is 28.9 Å². The van der Waals surface area contributed by atoms with Crippen LogP contribution in [0.1, 0.15) is 10.5 Å². The Labute approximate surface area is 136 Å². The van der Waals surface area contributed by atoms with Gasteiger partial charge in [-0.3, -0.25) is 9.48 Å². The molecule has 0 bridgehead atoms. The van der Waals surface area contributed by atoms with Gasteiger partial charge in [0.05, 0.1) is 0 Å². The molecule has 0 atom stereocenters. The first-order valence-electron chi connectivity index (χ1n) is 8.06. The fourth-order valence-electron chi connectivity index (χ4n) is 2.99. The molecule has 2 fully saturated rings. The van der Waals surface area contributed by atoms with Crippen LogP contribution in [-0.4, -0.2) is 101 Å². The summed E-state index contributed by atoms with van der Waals surface area (Å²) in [6, 6.07) is 1.83. The van der Waals surface area contributed by atoms with Gasteiger partial charge in [0.15, 0.2) is 0 Å². The smallest absolute Gasteiger partial charge is 0.320 e. The van der Waals surface area contributed by atoms with Crippen molar-refractivity contribution in [3.8, 4) is 0 Å². The first-order chi connectivity index (χ1) is 11.0. The van der Waals surface area contributed by atoms with Gasteiger partial charge in [0.25, 0.3) is 5.91 Å². The highest BCUT2D eigenvalue weighted by molar-refractivity contribution is 5.92. The Morgan fingerprint density at radius 2 is 1.39 bits per heavy atom. The number of likely N-dealkylation sites (N-methyl/N-ethyl adjacent to an activating group) is 1. The van der Waals surface area contributed by atoms with Crippen molar-refractivity contribution in [1.29, 1.82) is 0 Å². The minimum Gasteiger partial charge on any atom is -0.334 e. The van der Waals surface area contributed by atoms with Crippen molar-refractivity contribution in [3.05, 3.63) is 18.0 Å². The summed E-state index contributed by atoms with van der Waals surface area (Å²) in [5.41, 5.74) is 0.464. The van der Waals surface area contributed by atoms with Crippen LogP contribution >= 0.6 is 0 Å². The van der Waals surface area contributed by atoms with Crippen molar-refractivity contribution in [2.24, 2.45) is 7.05 Å². The number of carbonyl (C=O) groups is 2. The van der Waals surface area contributed by atoms with Crippen molar-refractivity contribution < 1.29 is 9.59 Å². The highest BCUT2D eigenvalue weighted by Crippen LogP contribution is 2.10. The molecule has 2 aliphatic rings. The molecule has 8 nitrogen and oxygen atoms in total. The number of urea groups is 1. The third-order valence-electron chi connectivity index (χ3n) is 4.54. The number of carbonyl (C=O) groups excluding carboxylic acids is 2. The van der Waals surface area contributed by atoms with Crippen molar-refractivity contribution in [3.63, 3.8) is 0 Å². The third-order valence-corrected chi connectivity index (χ3v) is 4.54. The van der Waals surface area contributed by atoms with Gasteiger partial charge in [0.2, 0.25) is 0 Å². The van der Waals surface area contributed by atoms with E-state index >= 15 is 0 Å². The van der Waals surface area contributed by atoms with E-state index in [0.717, 1.165) is 26.2 Å². The number of hydrogen-bond acceptors (Lipinski definition) is 4. The molecule has 1 aromatic heterocycles. The Morgan fingerprint density at radius 3 is 1.91 bits per heavy atom. The van der Waals surface area contributed by atoms with E-state index < -0.39 is 0 Å². The summed E-state index contributed by atoms with van der Waals surface area (Å²) in [7, 11) is 3.87. The maximum Gasteiger partial charge on any atom is 0.320 e. The highest BCUT2D eigenvalue weighted by Gasteiger charge is 2.29. The van der Waals surface area contributed by atoms with Gasteiger partial charge in [0.1, 0.15) is 5.69 Å². The lowest BCUT2D eigenvalue weighted by Gasteiger charge is -2.39. The second kappa shape index (κ2) is 6.57. The Kier molecular flexibility index (Phi) is 4.51. The van der Waals surface area contributed by atoms with Gasteiger partial charge in [-0.2, -0.15) is 5.10 Å². The molecule has 0 saturated carbocycles. The van der Waals surface area contributed by atoms with E-state index in [1.807, 2.05) is 9.80 Å². The number of hydrogen-bond donors (Lipinski definition) is 0. The topological polar surface area (TPSA) is 64.9 Å². The van der Waals surface area contributed by atoms with Crippen molar-refractivity contribution in [1.82, 2.24) is 29.4 Å². The predicted octanol–water partition coefficient (Wildman–Crippen LogP) is -0.455. The lowest BCUT2D eigenvalue weighted by molar-refractivity contribution is 0.0614. The Hall–Kier alpha value is -2.09. The maximum absolute atomic E-state index is 12.5. The zero-order valence-corrected chi connectivity index (χ0v) is 13.8. The van der Waals surface area contributed by atoms with E-state index in [2.05, 4.69) is 17.0 Å². The Morgan fingerprint density at radius 1 is 0.870 bits per heavy atom. The van der Waals surface area contributed by atoms with E-state index in [1.165, 1.54) is 0 Å². The summed E-state index contributed by atoms with van der Waals surface area (Å²) >= 11 is 0. The Bertz CT molecular complexity index is 570.